The van der Waals surface area contributed by atoms with Crippen molar-refractivity contribution in [3.63, 3.8) is 0 Å². The quantitative estimate of drug-likeness (QED) is 0.727. The highest BCUT2D eigenvalue weighted by atomic mass is 16.2. The van der Waals surface area contributed by atoms with Crippen molar-refractivity contribution in [1.82, 2.24) is 29.8 Å². The average molecular weight is 326 g/mol. The molecule has 0 spiro atoms. The summed E-state index contributed by atoms with van der Waals surface area (Å²) in [6.45, 7) is 5.89. The van der Waals surface area contributed by atoms with Crippen LogP contribution in [0.1, 0.15) is 18.2 Å². The minimum absolute atomic E-state index is 0.185. The first-order valence-electron chi connectivity index (χ1n) is 8.03. The average Bonchev–Trinajstić information content (AvgIpc) is 3.19. The number of nitrogens with zero attached hydrogens (tertiary/aromatic N) is 4. The van der Waals surface area contributed by atoms with E-state index in [4.69, 9.17) is 0 Å². The van der Waals surface area contributed by atoms with Gasteiger partial charge in [0.1, 0.15) is 5.65 Å². The van der Waals surface area contributed by atoms with Crippen LogP contribution in [0.4, 0.5) is 4.79 Å². The van der Waals surface area contributed by atoms with E-state index in [1.54, 1.807) is 6.20 Å². The second kappa shape index (κ2) is 7.16. The number of aromatic nitrogens is 4. The Kier molecular flexibility index (Phi) is 4.79. The normalized spacial score (nSPS) is 12.2. The Labute approximate surface area is 140 Å². The minimum atomic E-state index is -0.185. The van der Waals surface area contributed by atoms with Gasteiger partial charge in [-0.25, -0.2) is 9.78 Å². The number of fused-ring (bicyclic) bond motifs is 1. The maximum atomic E-state index is 11.9. The summed E-state index contributed by atoms with van der Waals surface area (Å²) in [4.78, 5) is 16.4. The molecule has 0 fully saturated rings. The summed E-state index contributed by atoms with van der Waals surface area (Å²) in [5, 5.41) is 9.89. The molecule has 3 aromatic rings. The van der Waals surface area contributed by atoms with Gasteiger partial charge < -0.3 is 15.0 Å². The molecular weight excluding hydrogens is 304 g/mol. The summed E-state index contributed by atoms with van der Waals surface area (Å²) < 4.78 is 3.83. The molecule has 3 rings (SSSR count). The molecule has 0 aliphatic rings. The fraction of sp³-hybridized carbons (Fsp3) is 0.353. The summed E-state index contributed by atoms with van der Waals surface area (Å²) in [5.74, 6) is 0.300. The van der Waals surface area contributed by atoms with Gasteiger partial charge in [-0.1, -0.05) is 13.0 Å². The van der Waals surface area contributed by atoms with Gasteiger partial charge in [-0.2, -0.15) is 5.10 Å². The van der Waals surface area contributed by atoms with Crippen LogP contribution < -0.4 is 10.6 Å². The highest BCUT2D eigenvalue weighted by Gasteiger charge is 2.07. The molecule has 126 valence electrons. The molecule has 0 aliphatic carbocycles. The van der Waals surface area contributed by atoms with Crippen LogP contribution in [0.3, 0.4) is 0 Å². The first-order chi connectivity index (χ1) is 11.6. The van der Waals surface area contributed by atoms with E-state index >= 15 is 0 Å². The van der Waals surface area contributed by atoms with Crippen molar-refractivity contribution in [1.29, 1.82) is 0 Å². The van der Waals surface area contributed by atoms with E-state index in [0.29, 0.717) is 19.0 Å². The number of imidazole rings is 1. The summed E-state index contributed by atoms with van der Waals surface area (Å²) in [5.41, 5.74) is 2.88. The van der Waals surface area contributed by atoms with Gasteiger partial charge in [0.05, 0.1) is 12.2 Å². The Morgan fingerprint density at radius 3 is 2.96 bits per heavy atom. The maximum Gasteiger partial charge on any atom is 0.315 e. The highest BCUT2D eigenvalue weighted by molar-refractivity contribution is 5.73. The molecule has 0 bridgehead atoms. The number of hydrogen-bond acceptors (Lipinski definition) is 3. The number of amides is 2. The summed E-state index contributed by atoms with van der Waals surface area (Å²) in [6, 6.07) is 5.70. The fourth-order valence-corrected chi connectivity index (χ4v) is 2.53. The fourth-order valence-electron chi connectivity index (χ4n) is 2.53. The zero-order valence-corrected chi connectivity index (χ0v) is 13.9. The maximum absolute atomic E-state index is 11.9. The van der Waals surface area contributed by atoms with Crippen LogP contribution >= 0.6 is 0 Å². The first kappa shape index (κ1) is 16.0. The molecule has 7 heteroatoms. The van der Waals surface area contributed by atoms with E-state index < -0.39 is 0 Å². The molecule has 7 nitrogen and oxygen atoms in total. The molecule has 0 saturated carbocycles. The standard InChI is InChI=1S/C17H22N6O/c1-13-4-5-16-21-15(12-22(16)10-13)9-19-17(24)18-8-14(2)11-23-7-3-6-20-23/h3-7,10,12,14H,8-9,11H2,1-2H3,(H2,18,19,24)/t14-/m0/s1. The molecule has 24 heavy (non-hydrogen) atoms. The molecule has 2 amide bonds. The van der Waals surface area contributed by atoms with Crippen molar-refractivity contribution >= 4 is 11.7 Å². The third-order valence-electron chi connectivity index (χ3n) is 3.75. The Morgan fingerprint density at radius 1 is 1.29 bits per heavy atom. The topological polar surface area (TPSA) is 76.2 Å². The number of nitrogens with one attached hydrogen (secondary N) is 2. The lowest BCUT2D eigenvalue weighted by Gasteiger charge is -2.13. The second-order valence-electron chi connectivity index (χ2n) is 6.10. The van der Waals surface area contributed by atoms with Gasteiger partial charge in [-0.15, -0.1) is 0 Å². The predicted octanol–water partition coefficient (Wildman–Crippen LogP) is 1.97. The molecule has 0 aliphatic heterocycles. The lowest BCUT2D eigenvalue weighted by molar-refractivity contribution is 0.238. The number of pyridine rings is 1. The van der Waals surface area contributed by atoms with Crippen LogP contribution in [0, 0.1) is 12.8 Å². The molecule has 2 N–H and O–H groups in total. The third kappa shape index (κ3) is 4.13. The van der Waals surface area contributed by atoms with E-state index in [0.717, 1.165) is 17.9 Å². The lowest BCUT2D eigenvalue weighted by atomic mass is 10.2. The van der Waals surface area contributed by atoms with Gasteiger partial charge in [0.2, 0.25) is 0 Å². The molecule has 3 heterocycles. The van der Waals surface area contributed by atoms with Crippen LogP contribution in [-0.4, -0.2) is 31.7 Å². The van der Waals surface area contributed by atoms with Crippen molar-refractivity contribution in [2.75, 3.05) is 6.54 Å². The summed E-state index contributed by atoms with van der Waals surface area (Å²) >= 11 is 0. The minimum Gasteiger partial charge on any atom is -0.338 e. The molecule has 3 aromatic heterocycles. The van der Waals surface area contributed by atoms with Gasteiger partial charge >= 0.3 is 6.03 Å². The molecule has 0 aromatic carbocycles. The predicted molar refractivity (Wildman–Crippen MR) is 91.6 cm³/mol. The SMILES string of the molecule is Cc1ccc2nc(CNC(=O)NC[C@H](C)Cn3cccn3)cn2c1. The van der Waals surface area contributed by atoms with Crippen molar-refractivity contribution in [3.05, 3.63) is 54.2 Å². The second-order valence-corrected chi connectivity index (χ2v) is 6.10. The first-order valence-corrected chi connectivity index (χ1v) is 8.03. The highest BCUT2D eigenvalue weighted by Crippen LogP contribution is 2.07. The molecule has 0 radical (unpaired) electrons. The van der Waals surface area contributed by atoms with Crippen LogP contribution in [0.25, 0.3) is 5.65 Å². The Balaban J connectivity index is 1.44. The molecule has 0 saturated heterocycles. The van der Waals surface area contributed by atoms with Crippen LogP contribution in [-0.2, 0) is 13.1 Å². The van der Waals surface area contributed by atoms with Crippen LogP contribution in [0.2, 0.25) is 0 Å². The van der Waals surface area contributed by atoms with Crippen LogP contribution in [0.5, 0.6) is 0 Å². The number of carbonyl (C=O) groups excluding carboxylic acids is 1. The van der Waals surface area contributed by atoms with E-state index in [1.807, 2.05) is 52.8 Å². The number of hydrogen-bond donors (Lipinski definition) is 2. The zero-order chi connectivity index (χ0) is 16.9. The Bertz CT molecular complexity index is 808. The summed E-state index contributed by atoms with van der Waals surface area (Å²) in [7, 11) is 0. The van der Waals surface area contributed by atoms with Crippen molar-refractivity contribution in [3.8, 4) is 0 Å². The van der Waals surface area contributed by atoms with Gasteiger partial charge in [0.15, 0.2) is 0 Å². The van der Waals surface area contributed by atoms with Gasteiger partial charge in [0, 0.05) is 37.9 Å². The number of aryl methyl sites for hydroxylation is 1. The number of carbonyl (C=O) groups is 1. The Hall–Kier alpha value is -2.83. The molecule has 0 unspecified atom stereocenters. The van der Waals surface area contributed by atoms with Gasteiger partial charge in [-0.3, -0.25) is 4.68 Å². The van der Waals surface area contributed by atoms with Crippen molar-refractivity contribution in [2.24, 2.45) is 5.92 Å². The van der Waals surface area contributed by atoms with E-state index in [2.05, 4.69) is 27.6 Å². The van der Waals surface area contributed by atoms with Gasteiger partial charge in [0.25, 0.3) is 0 Å². The third-order valence-corrected chi connectivity index (χ3v) is 3.75. The number of rotatable bonds is 6. The zero-order valence-electron chi connectivity index (χ0n) is 13.9. The summed E-state index contributed by atoms with van der Waals surface area (Å²) in [6.07, 6.45) is 7.62. The molecular formula is C17H22N6O. The van der Waals surface area contributed by atoms with Crippen LogP contribution in [0.15, 0.2) is 43.0 Å². The van der Waals surface area contributed by atoms with Crippen molar-refractivity contribution < 1.29 is 4.79 Å². The van der Waals surface area contributed by atoms with E-state index in [9.17, 15) is 4.79 Å². The van der Waals surface area contributed by atoms with Crippen molar-refractivity contribution in [2.45, 2.75) is 26.9 Å². The largest absolute Gasteiger partial charge is 0.338 e. The van der Waals surface area contributed by atoms with E-state index in [-0.39, 0.29) is 6.03 Å². The number of urea groups is 1. The smallest absolute Gasteiger partial charge is 0.315 e. The Morgan fingerprint density at radius 2 is 2.17 bits per heavy atom. The van der Waals surface area contributed by atoms with Gasteiger partial charge in [-0.05, 0) is 30.5 Å². The lowest BCUT2D eigenvalue weighted by Crippen LogP contribution is -2.38. The molecule has 1 atom stereocenters. The monoisotopic (exact) mass is 326 g/mol. The van der Waals surface area contributed by atoms with E-state index in [1.165, 1.54) is 5.56 Å².